The molecule has 5 rings (SSSR count). The van der Waals surface area contributed by atoms with Gasteiger partial charge < -0.3 is 0 Å². The summed E-state index contributed by atoms with van der Waals surface area (Å²) in [5.41, 5.74) is 3.00. The van der Waals surface area contributed by atoms with E-state index in [2.05, 4.69) is 17.6 Å². The molecule has 122 valence electrons. The number of imide groups is 1. The Bertz CT molecular complexity index is 778. The van der Waals surface area contributed by atoms with Crippen molar-refractivity contribution in [1.29, 1.82) is 0 Å². The fraction of sp³-hybridized carbons (Fsp3) is 0.389. The number of allylic oxidation sites excluding steroid dienone is 2. The molecule has 2 saturated carbocycles. The molecule has 5 nitrogen and oxygen atoms in total. The van der Waals surface area contributed by atoms with Gasteiger partial charge in [-0.15, -0.1) is 0 Å². The van der Waals surface area contributed by atoms with Crippen LogP contribution in [0.25, 0.3) is 0 Å². The first-order valence-electron chi connectivity index (χ1n) is 8.16. The summed E-state index contributed by atoms with van der Waals surface area (Å²) in [4.78, 5) is 37.8. The number of rotatable bonds is 2. The van der Waals surface area contributed by atoms with Gasteiger partial charge in [0.2, 0.25) is 0 Å². The van der Waals surface area contributed by atoms with Crippen molar-refractivity contribution >= 4 is 29.3 Å². The molecular formula is C18H15ClN2O3. The standard InChI is InChI=1S/C18H15ClN2O3/c19-10-3-1-9(2-4-10)15(22)20-21-16(23)13-11-5-6-12(14(13)17(21)24)18(11)7-8-18/h1-6,11-14H,7-8H2,(H,20,22)/t11-,12+,13-,14+. The van der Waals surface area contributed by atoms with Crippen LogP contribution in [0.2, 0.25) is 5.02 Å². The lowest BCUT2D eigenvalue weighted by Gasteiger charge is -2.22. The third kappa shape index (κ3) is 1.63. The van der Waals surface area contributed by atoms with Crippen molar-refractivity contribution in [2.75, 3.05) is 0 Å². The van der Waals surface area contributed by atoms with Crippen LogP contribution in [0, 0.1) is 29.1 Å². The molecule has 0 aromatic heterocycles. The number of halogens is 1. The average Bonchev–Trinajstić information content (AvgIpc) is 3.18. The van der Waals surface area contributed by atoms with E-state index in [0.717, 1.165) is 17.9 Å². The number of carbonyl (C=O) groups excluding carboxylic acids is 3. The number of hydrogen-bond donors (Lipinski definition) is 1. The van der Waals surface area contributed by atoms with Gasteiger partial charge in [0.05, 0.1) is 11.8 Å². The first-order chi connectivity index (χ1) is 11.5. The number of carbonyl (C=O) groups is 3. The molecule has 1 spiro atoms. The largest absolute Gasteiger partial charge is 0.272 e. The molecule has 1 aromatic rings. The maximum Gasteiger partial charge on any atom is 0.270 e. The Hall–Kier alpha value is -2.14. The molecule has 4 atom stereocenters. The number of hydrazine groups is 1. The van der Waals surface area contributed by atoms with E-state index in [-0.39, 0.29) is 40.9 Å². The number of nitrogens with one attached hydrogen (secondary N) is 1. The number of hydrogen-bond acceptors (Lipinski definition) is 3. The van der Waals surface area contributed by atoms with Crippen LogP contribution in [0.15, 0.2) is 36.4 Å². The second kappa shape index (κ2) is 4.48. The number of benzene rings is 1. The van der Waals surface area contributed by atoms with Crippen LogP contribution in [0.3, 0.4) is 0 Å². The zero-order valence-corrected chi connectivity index (χ0v) is 13.5. The minimum atomic E-state index is -0.477. The Morgan fingerprint density at radius 3 is 2.08 bits per heavy atom. The monoisotopic (exact) mass is 342 g/mol. The molecule has 1 aliphatic heterocycles. The quantitative estimate of drug-likeness (QED) is 0.661. The van der Waals surface area contributed by atoms with Gasteiger partial charge in [0.15, 0.2) is 0 Å². The van der Waals surface area contributed by atoms with E-state index in [1.165, 1.54) is 0 Å². The molecule has 1 aromatic carbocycles. The molecule has 1 saturated heterocycles. The SMILES string of the molecule is O=C(NN1C(=O)[C@@H]2[C@H](C1=O)[C@H]1C=C[C@@H]2C12CC2)c1ccc(Cl)cc1. The molecule has 4 aliphatic rings. The number of fused-ring (bicyclic) bond motifs is 3. The third-order valence-electron chi connectivity index (χ3n) is 6.17. The highest BCUT2D eigenvalue weighted by molar-refractivity contribution is 6.30. The van der Waals surface area contributed by atoms with Crippen LogP contribution < -0.4 is 5.43 Å². The van der Waals surface area contributed by atoms with Crippen molar-refractivity contribution in [3.63, 3.8) is 0 Å². The lowest BCUT2D eigenvalue weighted by Crippen LogP contribution is -2.47. The van der Waals surface area contributed by atoms with Crippen LogP contribution in [0.5, 0.6) is 0 Å². The summed E-state index contributed by atoms with van der Waals surface area (Å²) in [6.07, 6.45) is 6.41. The maximum absolute atomic E-state index is 12.8. The van der Waals surface area contributed by atoms with Crippen LogP contribution in [-0.2, 0) is 9.59 Å². The predicted molar refractivity (Wildman–Crippen MR) is 85.5 cm³/mol. The summed E-state index contributed by atoms with van der Waals surface area (Å²) in [6, 6.07) is 6.32. The molecule has 1 N–H and O–H groups in total. The van der Waals surface area contributed by atoms with Crippen LogP contribution in [0.1, 0.15) is 23.2 Å². The Balaban J connectivity index is 1.39. The highest BCUT2D eigenvalue weighted by Gasteiger charge is 2.73. The Labute approximate surface area is 143 Å². The lowest BCUT2D eigenvalue weighted by molar-refractivity contribution is -0.144. The van der Waals surface area contributed by atoms with Crippen LogP contribution in [0.4, 0.5) is 0 Å². The fourth-order valence-corrected chi connectivity index (χ4v) is 5.08. The van der Waals surface area contributed by atoms with Gasteiger partial charge in [-0.05, 0) is 54.4 Å². The van der Waals surface area contributed by atoms with Crippen LogP contribution >= 0.6 is 11.6 Å². The minimum Gasteiger partial charge on any atom is -0.272 e. The van der Waals surface area contributed by atoms with Gasteiger partial charge in [-0.3, -0.25) is 19.8 Å². The van der Waals surface area contributed by atoms with E-state index in [4.69, 9.17) is 11.6 Å². The summed E-state index contributed by atoms with van der Waals surface area (Å²) in [6.45, 7) is 0. The highest BCUT2D eigenvalue weighted by Crippen LogP contribution is 2.73. The summed E-state index contributed by atoms with van der Waals surface area (Å²) in [5.74, 6) is -1.32. The van der Waals surface area contributed by atoms with Crippen molar-refractivity contribution in [2.24, 2.45) is 29.1 Å². The van der Waals surface area contributed by atoms with Crippen molar-refractivity contribution in [3.8, 4) is 0 Å². The Kier molecular flexibility index (Phi) is 2.65. The molecular weight excluding hydrogens is 328 g/mol. The molecule has 1 heterocycles. The van der Waals surface area contributed by atoms with E-state index in [9.17, 15) is 14.4 Å². The fourth-order valence-electron chi connectivity index (χ4n) is 4.96. The van der Waals surface area contributed by atoms with Crippen LogP contribution in [-0.4, -0.2) is 22.7 Å². The van der Waals surface area contributed by atoms with Gasteiger partial charge >= 0.3 is 0 Å². The van der Waals surface area contributed by atoms with Gasteiger partial charge in [0, 0.05) is 10.6 Å². The second-order valence-electron chi connectivity index (χ2n) is 7.18. The van der Waals surface area contributed by atoms with E-state index in [1.807, 2.05) is 0 Å². The summed E-state index contributed by atoms with van der Waals surface area (Å²) < 4.78 is 0. The van der Waals surface area contributed by atoms with Gasteiger partial charge in [-0.2, -0.15) is 5.01 Å². The topological polar surface area (TPSA) is 66.5 Å². The van der Waals surface area contributed by atoms with Crippen molar-refractivity contribution in [3.05, 3.63) is 47.0 Å². The molecule has 3 fully saturated rings. The summed E-state index contributed by atoms with van der Waals surface area (Å²) >= 11 is 5.81. The average molecular weight is 343 g/mol. The first-order valence-corrected chi connectivity index (χ1v) is 8.53. The molecule has 2 bridgehead atoms. The zero-order valence-electron chi connectivity index (χ0n) is 12.7. The van der Waals surface area contributed by atoms with Crippen molar-refractivity contribution in [2.45, 2.75) is 12.8 Å². The zero-order chi connectivity index (χ0) is 16.6. The molecule has 0 radical (unpaired) electrons. The molecule has 3 amide bonds. The predicted octanol–water partition coefficient (Wildman–Crippen LogP) is 2.18. The minimum absolute atomic E-state index is 0.154. The van der Waals surface area contributed by atoms with Gasteiger partial charge in [0.1, 0.15) is 0 Å². The number of nitrogens with zero attached hydrogens (tertiary/aromatic N) is 1. The second-order valence-corrected chi connectivity index (χ2v) is 7.62. The molecule has 0 unspecified atom stereocenters. The van der Waals surface area contributed by atoms with E-state index < -0.39 is 5.91 Å². The summed E-state index contributed by atoms with van der Waals surface area (Å²) in [7, 11) is 0. The highest BCUT2D eigenvalue weighted by atomic mass is 35.5. The van der Waals surface area contributed by atoms with E-state index >= 15 is 0 Å². The Morgan fingerprint density at radius 2 is 1.58 bits per heavy atom. The molecule has 24 heavy (non-hydrogen) atoms. The number of amides is 3. The first kappa shape index (κ1) is 14.2. The van der Waals surface area contributed by atoms with E-state index in [0.29, 0.717) is 10.6 Å². The summed E-state index contributed by atoms with van der Waals surface area (Å²) in [5, 5.41) is 1.46. The van der Waals surface area contributed by atoms with E-state index in [1.54, 1.807) is 24.3 Å². The molecule has 6 heteroatoms. The lowest BCUT2D eigenvalue weighted by atomic mass is 9.85. The Morgan fingerprint density at radius 1 is 1.04 bits per heavy atom. The van der Waals surface area contributed by atoms with Gasteiger partial charge in [-0.1, -0.05) is 23.8 Å². The smallest absolute Gasteiger partial charge is 0.270 e. The van der Waals surface area contributed by atoms with Crippen molar-refractivity contribution < 1.29 is 14.4 Å². The van der Waals surface area contributed by atoms with Gasteiger partial charge in [-0.25, -0.2) is 0 Å². The van der Waals surface area contributed by atoms with Crippen molar-refractivity contribution in [1.82, 2.24) is 10.4 Å². The molecule has 3 aliphatic carbocycles. The maximum atomic E-state index is 12.8. The third-order valence-corrected chi connectivity index (χ3v) is 6.42. The normalized spacial score (nSPS) is 34.1. The van der Waals surface area contributed by atoms with Gasteiger partial charge in [0.25, 0.3) is 17.7 Å².